The van der Waals surface area contributed by atoms with E-state index in [-0.39, 0.29) is 5.56 Å². The lowest BCUT2D eigenvalue weighted by Crippen LogP contribution is -2.29. The van der Waals surface area contributed by atoms with Crippen LogP contribution in [-0.2, 0) is 6.18 Å². The van der Waals surface area contributed by atoms with Gasteiger partial charge in [-0.3, -0.25) is 0 Å². The lowest BCUT2D eigenvalue weighted by molar-refractivity contribution is -0.137. The van der Waals surface area contributed by atoms with Crippen molar-refractivity contribution in [1.29, 1.82) is 5.26 Å². The molecule has 0 aromatic heterocycles. The highest BCUT2D eigenvalue weighted by atomic mass is 19.4. The molecule has 0 aliphatic carbocycles. The molecule has 6 heteroatoms. The predicted molar refractivity (Wildman–Crippen MR) is 63.1 cm³/mol. The van der Waals surface area contributed by atoms with Gasteiger partial charge < -0.3 is 10.6 Å². The summed E-state index contributed by atoms with van der Waals surface area (Å²) >= 11 is 0. The summed E-state index contributed by atoms with van der Waals surface area (Å²) in [6.07, 6.45) is -4.52. The van der Waals surface area contributed by atoms with Crippen LogP contribution in [0.25, 0.3) is 0 Å². The highest BCUT2D eigenvalue weighted by Gasteiger charge is 2.34. The third-order valence-electron chi connectivity index (χ3n) is 2.57. The maximum atomic E-state index is 12.8. The van der Waals surface area contributed by atoms with Gasteiger partial charge in [0, 0.05) is 25.3 Å². The summed E-state index contributed by atoms with van der Waals surface area (Å²) in [5, 5.41) is 8.69. The first kappa shape index (κ1) is 14.3. The fourth-order valence-electron chi connectivity index (χ4n) is 1.69. The fourth-order valence-corrected chi connectivity index (χ4v) is 1.69. The molecule has 1 aromatic rings. The van der Waals surface area contributed by atoms with Crippen LogP contribution in [0.1, 0.15) is 18.1 Å². The van der Waals surface area contributed by atoms with Gasteiger partial charge in [0.05, 0.1) is 17.2 Å². The summed E-state index contributed by atoms with van der Waals surface area (Å²) in [7, 11) is 0. The SMILES string of the molecule is CCN(CCN)c1ccc(C#N)c(C(F)(F)F)c1. The molecule has 0 spiro atoms. The molecule has 0 radical (unpaired) electrons. The molecule has 0 aliphatic heterocycles. The highest BCUT2D eigenvalue weighted by molar-refractivity contribution is 5.54. The number of nitrogens with two attached hydrogens (primary N) is 1. The first-order valence-corrected chi connectivity index (χ1v) is 5.50. The third kappa shape index (κ3) is 3.14. The van der Waals surface area contributed by atoms with Gasteiger partial charge in [0.1, 0.15) is 0 Å². The van der Waals surface area contributed by atoms with Crippen LogP contribution in [0.2, 0.25) is 0 Å². The highest BCUT2D eigenvalue weighted by Crippen LogP contribution is 2.34. The summed E-state index contributed by atoms with van der Waals surface area (Å²) < 4.78 is 38.3. The Morgan fingerprint density at radius 2 is 2.06 bits per heavy atom. The zero-order valence-electron chi connectivity index (χ0n) is 9.96. The van der Waals surface area contributed by atoms with E-state index in [4.69, 9.17) is 11.0 Å². The zero-order valence-corrected chi connectivity index (χ0v) is 9.96. The molecule has 1 rings (SSSR count). The molecule has 2 N–H and O–H groups in total. The molecule has 0 amide bonds. The van der Waals surface area contributed by atoms with Gasteiger partial charge in [-0.25, -0.2) is 0 Å². The van der Waals surface area contributed by atoms with E-state index in [1.54, 1.807) is 11.0 Å². The smallest absolute Gasteiger partial charge is 0.371 e. The number of likely N-dealkylation sites (N-methyl/N-ethyl adjacent to an activating group) is 1. The normalized spacial score (nSPS) is 11.1. The fraction of sp³-hybridized carbons (Fsp3) is 0.417. The molecule has 0 heterocycles. The minimum atomic E-state index is -4.52. The lowest BCUT2D eigenvalue weighted by Gasteiger charge is -2.23. The van der Waals surface area contributed by atoms with E-state index < -0.39 is 11.7 Å². The molecular weight excluding hydrogens is 243 g/mol. The van der Waals surface area contributed by atoms with E-state index in [9.17, 15) is 13.2 Å². The Kier molecular flexibility index (Phi) is 4.56. The topological polar surface area (TPSA) is 53.0 Å². The van der Waals surface area contributed by atoms with Crippen LogP contribution in [0.5, 0.6) is 0 Å². The predicted octanol–water partition coefficient (Wildman–Crippen LogP) is 2.36. The monoisotopic (exact) mass is 257 g/mol. The van der Waals surface area contributed by atoms with Crippen molar-refractivity contribution in [3.8, 4) is 6.07 Å². The van der Waals surface area contributed by atoms with E-state index in [2.05, 4.69) is 0 Å². The summed E-state index contributed by atoms with van der Waals surface area (Å²) in [5.74, 6) is 0. The van der Waals surface area contributed by atoms with Crippen LogP contribution >= 0.6 is 0 Å². The quantitative estimate of drug-likeness (QED) is 0.900. The average Bonchev–Trinajstić information content (AvgIpc) is 2.34. The molecule has 0 bridgehead atoms. The summed E-state index contributed by atoms with van der Waals surface area (Å²) in [6.45, 7) is 3.22. The molecule has 0 unspecified atom stereocenters. The number of nitrogens with zero attached hydrogens (tertiary/aromatic N) is 2. The second kappa shape index (κ2) is 5.74. The first-order valence-electron chi connectivity index (χ1n) is 5.50. The lowest BCUT2D eigenvalue weighted by atomic mass is 10.1. The van der Waals surface area contributed by atoms with Crippen molar-refractivity contribution in [2.24, 2.45) is 5.73 Å². The van der Waals surface area contributed by atoms with Crippen molar-refractivity contribution < 1.29 is 13.2 Å². The first-order chi connectivity index (χ1) is 8.43. The molecule has 98 valence electrons. The maximum Gasteiger partial charge on any atom is 0.417 e. The Balaban J connectivity index is 3.22. The van der Waals surface area contributed by atoms with Gasteiger partial charge in [0.2, 0.25) is 0 Å². The van der Waals surface area contributed by atoms with Crippen molar-refractivity contribution in [3.05, 3.63) is 29.3 Å². The molecule has 3 nitrogen and oxygen atoms in total. The molecule has 1 aromatic carbocycles. The average molecular weight is 257 g/mol. The maximum absolute atomic E-state index is 12.8. The molecular formula is C12H14F3N3. The van der Waals surface area contributed by atoms with Crippen LogP contribution in [-0.4, -0.2) is 19.6 Å². The Hall–Kier alpha value is -1.74. The number of rotatable bonds is 4. The van der Waals surface area contributed by atoms with Crippen LogP contribution < -0.4 is 10.6 Å². The van der Waals surface area contributed by atoms with Crippen LogP contribution in [0.3, 0.4) is 0 Å². The molecule has 0 fully saturated rings. The summed E-state index contributed by atoms with van der Waals surface area (Å²) in [5.41, 5.74) is 4.56. The van der Waals surface area contributed by atoms with Gasteiger partial charge in [-0.1, -0.05) is 0 Å². The van der Waals surface area contributed by atoms with Crippen LogP contribution in [0.4, 0.5) is 18.9 Å². The molecule has 0 saturated carbocycles. The van der Waals surface area contributed by atoms with Crippen LogP contribution in [0, 0.1) is 11.3 Å². The third-order valence-corrected chi connectivity index (χ3v) is 2.57. The number of hydrogen-bond acceptors (Lipinski definition) is 3. The number of nitriles is 1. The Labute approximate surface area is 104 Å². The number of halogens is 3. The minimum absolute atomic E-state index is 0.356. The molecule has 0 saturated heterocycles. The molecule has 0 atom stereocenters. The van der Waals surface area contributed by atoms with Crippen molar-refractivity contribution in [2.45, 2.75) is 13.1 Å². The Morgan fingerprint density at radius 1 is 1.39 bits per heavy atom. The van der Waals surface area contributed by atoms with E-state index in [1.165, 1.54) is 12.1 Å². The molecule has 18 heavy (non-hydrogen) atoms. The standard InChI is InChI=1S/C12H14F3N3/c1-2-18(6-5-16)10-4-3-9(8-17)11(7-10)12(13,14)15/h3-4,7H,2,5-6,16H2,1H3. The van der Waals surface area contributed by atoms with E-state index in [1.807, 2.05) is 6.92 Å². The Morgan fingerprint density at radius 3 is 2.50 bits per heavy atom. The van der Waals surface area contributed by atoms with Gasteiger partial charge in [0.25, 0.3) is 0 Å². The second-order valence-electron chi connectivity index (χ2n) is 3.71. The summed E-state index contributed by atoms with van der Waals surface area (Å²) in [4.78, 5) is 1.73. The zero-order chi connectivity index (χ0) is 13.8. The minimum Gasteiger partial charge on any atom is -0.371 e. The van der Waals surface area contributed by atoms with Gasteiger partial charge in [-0.15, -0.1) is 0 Å². The van der Waals surface area contributed by atoms with E-state index in [0.717, 1.165) is 6.07 Å². The van der Waals surface area contributed by atoms with E-state index in [0.29, 0.717) is 25.3 Å². The van der Waals surface area contributed by atoms with Crippen molar-refractivity contribution >= 4 is 5.69 Å². The van der Waals surface area contributed by atoms with Crippen molar-refractivity contribution in [2.75, 3.05) is 24.5 Å². The van der Waals surface area contributed by atoms with Gasteiger partial charge in [-0.2, -0.15) is 18.4 Å². The largest absolute Gasteiger partial charge is 0.417 e. The van der Waals surface area contributed by atoms with Gasteiger partial charge in [0.15, 0.2) is 0 Å². The van der Waals surface area contributed by atoms with Crippen LogP contribution in [0.15, 0.2) is 18.2 Å². The second-order valence-corrected chi connectivity index (χ2v) is 3.71. The number of alkyl halides is 3. The summed E-state index contributed by atoms with van der Waals surface area (Å²) in [6, 6.07) is 5.25. The molecule has 0 aliphatic rings. The van der Waals surface area contributed by atoms with Gasteiger partial charge >= 0.3 is 6.18 Å². The van der Waals surface area contributed by atoms with Gasteiger partial charge in [-0.05, 0) is 25.1 Å². The number of benzene rings is 1. The van der Waals surface area contributed by atoms with Crippen molar-refractivity contribution in [3.63, 3.8) is 0 Å². The Bertz CT molecular complexity index is 449. The number of anilines is 1. The number of hydrogen-bond donors (Lipinski definition) is 1. The van der Waals surface area contributed by atoms with E-state index >= 15 is 0 Å². The van der Waals surface area contributed by atoms with Crippen molar-refractivity contribution in [1.82, 2.24) is 0 Å².